The van der Waals surface area contributed by atoms with Crippen LogP contribution in [0.2, 0.25) is 0 Å². The maximum Gasteiger partial charge on any atom is 0.121 e. The highest BCUT2D eigenvalue weighted by Crippen LogP contribution is 2.31. The summed E-state index contributed by atoms with van der Waals surface area (Å²) in [7, 11) is 2.13. The van der Waals surface area contributed by atoms with E-state index in [-0.39, 0.29) is 0 Å². The molecule has 186 valence electrons. The van der Waals surface area contributed by atoms with Gasteiger partial charge in [-0.1, -0.05) is 66.7 Å². The second kappa shape index (κ2) is 10.4. The van der Waals surface area contributed by atoms with E-state index in [2.05, 4.69) is 87.6 Å². The third-order valence-corrected chi connectivity index (χ3v) is 6.60. The van der Waals surface area contributed by atoms with E-state index in [0.29, 0.717) is 6.54 Å². The van der Waals surface area contributed by atoms with Gasteiger partial charge in [0.15, 0.2) is 0 Å². The number of imidazole rings is 1. The van der Waals surface area contributed by atoms with Gasteiger partial charge in [0.2, 0.25) is 0 Å². The lowest BCUT2D eigenvalue weighted by Gasteiger charge is -2.18. The molecule has 0 aliphatic rings. The molecule has 0 bridgehead atoms. The van der Waals surface area contributed by atoms with Crippen LogP contribution in [0.3, 0.4) is 0 Å². The number of pyridine rings is 1. The van der Waals surface area contributed by atoms with E-state index in [1.165, 1.54) is 16.7 Å². The van der Waals surface area contributed by atoms with Crippen LogP contribution in [0.15, 0.2) is 103 Å². The van der Waals surface area contributed by atoms with Crippen LogP contribution < -0.4 is 0 Å². The molecule has 0 aliphatic carbocycles. The van der Waals surface area contributed by atoms with Gasteiger partial charge in [-0.15, -0.1) is 0 Å². The molecule has 6 rings (SSSR count). The van der Waals surface area contributed by atoms with Crippen molar-refractivity contribution in [1.82, 2.24) is 29.8 Å². The summed E-state index contributed by atoms with van der Waals surface area (Å²) in [5.74, 6) is 0.886. The van der Waals surface area contributed by atoms with Gasteiger partial charge in [0, 0.05) is 30.2 Å². The highest BCUT2D eigenvalue weighted by Gasteiger charge is 2.18. The van der Waals surface area contributed by atoms with Gasteiger partial charge in [-0.05, 0) is 54.9 Å². The molecule has 0 saturated carbocycles. The molecule has 3 aromatic carbocycles. The van der Waals surface area contributed by atoms with Gasteiger partial charge in [0.25, 0.3) is 0 Å². The Kier molecular flexibility index (Phi) is 6.46. The Morgan fingerprint density at radius 1 is 0.711 bits per heavy atom. The average molecular weight is 497 g/mol. The molecule has 6 heteroatoms. The molecule has 0 saturated heterocycles. The Bertz CT molecular complexity index is 1710. The van der Waals surface area contributed by atoms with Gasteiger partial charge in [-0.3, -0.25) is 19.9 Å². The zero-order valence-corrected chi connectivity index (χ0v) is 21.5. The molecule has 6 aromatic rings. The lowest BCUT2D eigenvalue weighted by molar-refractivity contribution is 0.312. The van der Waals surface area contributed by atoms with E-state index in [1.807, 2.05) is 37.3 Å². The second-order valence-electron chi connectivity index (χ2n) is 9.53. The van der Waals surface area contributed by atoms with Crippen molar-refractivity contribution in [3.63, 3.8) is 0 Å². The van der Waals surface area contributed by atoms with Gasteiger partial charge >= 0.3 is 0 Å². The minimum absolute atomic E-state index is 0.662. The van der Waals surface area contributed by atoms with Crippen molar-refractivity contribution in [3.8, 4) is 33.8 Å². The first-order chi connectivity index (χ1) is 18.6. The van der Waals surface area contributed by atoms with E-state index >= 15 is 0 Å². The third-order valence-electron chi connectivity index (χ3n) is 6.60. The summed E-state index contributed by atoms with van der Waals surface area (Å²) >= 11 is 0. The summed E-state index contributed by atoms with van der Waals surface area (Å²) in [5, 5.41) is 0. The normalized spacial score (nSPS) is 11.3. The molecule has 0 aliphatic heterocycles. The van der Waals surface area contributed by atoms with E-state index in [1.54, 1.807) is 12.4 Å². The fourth-order valence-corrected chi connectivity index (χ4v) is 4.84. The molecule has 0 unspecified atom stereocenters. The number of nitrogens with one attached hydrogen (secondary N) is 1. The highest BCUT2D eigenvalue weighted by molar-refractivity contribution is 5.84. The third kappa shape index (κ3) is 4.94. The van der Waals surface area contributed by atoms with Gasteiger partial charge in [-0.2, -0.15) is 0 Å². The number of hydrogen-bond donors (Lipinski definition) is 1. The summed E-state index contributed by atoms with van der Waals surface area (Å²) in [6.45, 7) is 3.46. The molecule has 0 fully saturated rings. The maximum absolute atomic E-state index is 5.07. The van der Waals surface area contributed by atoms with Crippen molar-refractivity contribution in [2.75, 3.05) is 7.05 Å². The molecule has 0 amide bonds. The van der Waals surface area contributed by atoms with E-state index in [4.69, 9.17) is 9.97 Å². The molecule has 6 nitrogen and oxygen atoms in total. The number of aryl methyl sites for hydroxylation is 1. The first kappa shape index (κ1) is 23.7. The smallest absolute Gasteiger partial charge is 0.121 e. The molecule has 38 heavy (non-hydrogen) atoms. The van der Waals surface area contributed by atoms with Gasteiger partial charge in [0.1, 0.15) is 5.82 Å². The van der Waals surface area contributed by atoms with Crippen LogP contribution in [0.1, 0.15) is 17.1 Å². The summed E-state index contributed by atoms with van der Waals surface area (Å²) in [4.78, 5) is 24.6. The SMILES string of the molecule is Cc1cccc(-c2[nH]c(CN(C)Cc3ccccc3-c3ccccc3)nc2-c2ccc3nccnc3c2)n1. The number of benzene rings is 3. The fraction of sp³-hybridized carbons (Fsp3) is 0.125. The van der Waals surface area contributed by atoms with Crippen LogP contribution in [-0.4, -0.2) is 36.9 Å². The Labute approximate surface area is 222 Å². The van der Waals surface area contributed by atoms with Crippen LogP contribution in [0.5, 0.6) is 0 Å². The zero-order valence-electron chi connectivity index (χ0n) is 21.5. The summed E-state index contributed by atoms with van der Waals surface area (Å²) < 4.78 is 0. The predicted molar refractivity (Wildman–Crippen MR) is 152 cm³/mol. The molecule has 0 atom stereocenters. The fourth-order valence-electron chi connectivity index (χ4n) is 4.84. The Hall–Kier alpha value is -4.68. The minimum Gasteiger partial charge on any atom is -0.339 e. The van der Waals surface area contributed by atoms with Crippen molar-refractivity contribution in [1.29, 1.82) is 0 Å². The van der Waals surface area contributed by atoms with Gasteiger partial charge in [-0.25, -0.2) is 4.98 Å². The Morgan fingerprint density at radius 3 is 2.34 bits per heavy atom. The van der Waals surface area contributed by atoms with E-state index in [9.17, 15) is 0 Å². The van der Waals surface area contributed by atoms with Crippen molar-refractivity contribution in [2.45, 2.75) is 20.0 Å². The number of H-pyrrole nitrogens is 1. The summed E-state index contributed by atoms with van der Waals surface area (Å²) in [6, 6.07) is 31.3. The van der Waals surface area contributed by atoms with E-state index in [0.717, 1.165) is 51.7 Å². The van der Waals surface area contributed by atoms with Crippen LogP contribution in [0.4, 0.5) is 0 Å². The molecule has 0 radical (unpaired) electrons. The Balaban J connectivity index is 1.33. The molecular formula is C32H28N6. The van der Waals surface area contributed by atoms with Gasteiger partial charge in [0.05, 0.1) is 34.7 Å². The number of hydrogen-bond acceptors (Lipinski definition) is 5. The highest BCUT2D eigenvalue weighted by atomic mass is 15.1. The number of aromatic amines is 1. The quantitative estimate of drug-likeness (QED) is 0.267. The Morgan fingerprint density at radius 2 is 1.50 bits per heavy atom. The van der Waals surface area contributed by atoms with Crippen molar-refractivity contribution in [3.05, 3.63) is 120 Å². The first-order valence-corrected chi connectivity index (χ1v) is 12.7. The topological polar surface area (TPSA) is 70.6 Å². The molecular weight excluding hydrogens is 468 g/mol. The standard InChI is InChI=1S/C32H28N6/c1-22-9-8-14-28(35-22)32-31(24-15-16-27-29(19-24)34-18-17-33-27)36-30(37-32)21-38(2)20-25-12-6-7-13-26(25)23-10-4-3-5-11-23/h3-19H,20-21H2,1-2H3,(H,36,37). The van der Waals surface area contributed by atoms with Crippen LogP contribution >= 0.6 is 0 Å². The number of fused-ring (bicyclic) bond motifs is 1. The van der Waals surface area contributed by atoms with Crippen LogP contribution in [0, 0.1) is 6.92 Å². The average Bonchev–Trinajstić information content (AvgIpc) is 3.37. The number of nitrogens with zero attached hydrogens (tertiary/aromatic N) is 5. The van der Waals surface area contributed by atoms with Crippen molar-refractivity contribution < 1.29 is 0 Å². The van der Waals surface area contributed by atoms with Crippen molar-refractivity contribution >= 4 is 11.0 Å². The largest absolute Gasteiger partial charge is 0.339 e. The molecule has 1 N–H and O–H groups in total. The van der Waals surface area contributed by atoms with Gasteiger partial charge < -0.3 is 4.98 Å². The van der Waals surface area contributed by atoms with E-state index < -0.39 is 0 Å². The predicted octanol–water partition coefficient (Wildman–Crippen LogP) is 6.69. The molecule has 3 aromatic heterocycles. The molecule has 0 spiro atoms. The second-order valence-corrected chi connectivity index (χ2v) is 9.53. The van der Waals surface area contributed by atoms with Crippen LogP contribution in [-0.2, 0) is 13.1 Å². The zero-order chi connectivity index (χ0) is 25.9. The summed E-state index contributed by atoms with van der Waals surface area (Å²) in [5.41, 5.74) is 10.0. The minimum atomic E-state index is 0.662. The van der Waals surface area contributed by atoms with Crippen molar-refractivity contribution in [2.24, 2.45) is 0 Å². The maximum atomic E-state index is 5.07. The number of rotatable bonds is 7. The lowest BCUT2D eigenvalue weighted by Crippen LogP contribution is -2.18. The first-order valence-electron chi connectivity index (χ1n) is 12.7. The summed E-state index contributed by atoms with van der Waals surface area (Å²) in [6.07, 6.45) is 3.43. The number of aromatic nitrogens is 5. The molecule has 3 heterocycles. The van der Waals surface area contributed by atoms with Crippen LogP contribution in [0.25, 0.3) is 44.8 Å². The lowest BCUT2D eigenvalue weighted by atomic mass is 9.99. The monoisotopic (exact) mass is 496 g/mol.